The fourth-order valence-corrected chi connectivity index (χ4v) is 2.59. The predicted octanol–water partition coefficient (Wildman–Crippen LogP) is 2.26. The average Bonchev–Trinajstić information content (AvgIpc) is 2.65. The van der Waals surface area contributed by atoms with Crippen LogP contribution in [-0.2, 0) is 11.3 Å². The van der Waals surface area contributed by atoms with Crippen LogP contribution in [0.1, 0.15) is 25.8 Å². The van der Waals surface area contributed by atoms with Gasteiger partial charge in [0, 0.05) is 32.4 Å². The van der Waals surface area contributed by atoms with Crippen molar-refractivity contribution >= 4 is 24.0 Å². The van der Waals surface area contributed by atoms with E-state index >= 15 is 0 Å². The summed E-state index contributed by atoms with van der Waals surface area (Å²) < 4.78 is 0. The van der Waals surface area contributed by atoms with E-state index in [1.165, 1.54) is 11.3 Å². The first kappa shape index (κ1) is 17.8. The standard InChI is InChI=1S/C16H25N3O.ClH/c1-4-12(2)15(17)16(20)19-10-9-18(3)14-8-6-5-7-13(14)11-19;/h5-8,12,15H,4,9-11,17H2,1-3H3;1H. The number of fused-ring (bicyclic) bond motifs is 1. The van der Waals surface area contributed by atoms with Gasteiger partial charge in [0.1, 0.15) is 0 Å². The highest BCUT2D eigenvalue weighted by molar-refractivity contribution is 5.85. The molecule has 0 spiro atoms. The molecule has 118 valence electrons. The molecule has 0 fully saturated rings. The molecule has 0 aromatic heterocycles. The Kier molecular flexibility index (Phi) is 6.49. The highest BCUT2D eigenvalue weighted by atomic mass is 35.5. The molecule has 1 aromatic rings. The maximum absolute atomic E-state index is 12.6. The summed E-state index contributed by atoms with van der Waals surface area (Å²) >= 11 is 0. The molecule has 1 heterocycles. The molecule has 2 unspecified atom stereocenters. The van der Waals surface area contributed by atoms with E-state index in [4.69, 9.17) is 5.73 Å². The first-order valence-corrected chi connectivity index (χ1v) is 7.38. The van der Waals surface area contributed by atoms with Gasteiger partial charge in [-0.05, 0) is 17.5 Å². The van der Waals surface area contributed by atoms with Crippen LogP contribution < -0.4 is 10.6 Å². The first-order valence-electron chi connectivity index (χ1n) is 7.38. The van der Waals surface area contributed by atoms with Gasteiger partial charge >= 0.3 is 0 Å². The van der Waals surface area contributed by atoms with Crippen LogP contribution in [0.4, 0.5) is 5.69 Å². The second-order valence-corrected chi connectivity index (χ2v) is 5.72. The van der Waals surface area contributed by atoms with Crippen LogP contribution in [-0.4, -0.2) is 37.0 Å². The number of halogens is 1. The molecule has 4 nitrogen and oxygen atoms in total. The number of nitrogens with two attached hydrogens (primary N) is 1. The zero-order valence-corrected chi connectivity index (χ0v) is 13.9. The number of nitrogens with zero attached hydrogens (tertiary/aromatic N) is 2. The van der Waals surface area contributed by atoms with Crippen LogP contribution in [0.3, 0.4) is 0 Å². The molecule has 2 atom stereocenters. The van der Waals surface area contributed by atoms with E-state index in [2.05, 4.69) is 31.0 Å². The highest BCUT2D eigenvalue weighted by Gasteiger charge is 2.27. The van der Waals surface area contributed by atoms with Crippen LogP contribution in [0.15, 0.2) is 24.3 Å². The Morgan fingerprint density at radius 2 is 2.00 bits per heavy atom. The SMILES string of the molecule is CCC(C)C(N)C(=O)N1CCN(C)c2ccccc2C1.Cl. The molecule has 5 heteroatoms. The number of benzene rings is 1. The van der Waals surface area contributed by atoms with E-state index in [9.17, 15) is 4.79 Å². The van der Waals surface area contributed by atoms with Gasteiger partial charge in [0.15, 0.2) is 0 Å². The fourth-order valence-electron chi connectivity index (χ4n) is 2.59. The number of anilines is 1. The monoisotopic (exact) mass is 311 g/mol. The van der Waals surface area contributed by atoms with E-state index in [0.717, 1.165) is 19.5 Å². The Balaban J connectivity index is 0.00000220. The van der Waals surface area contributed by atoms with Gasteiger partial charge in [-0.25, -0.2) is 0 Å². The molecule has 0 saturated carbocycles. The largest absolute Gasteiger partial charge is 0.373 e. The summed E-state index contributed by atoms with van der Waals surface area (Å²) in [6.07, 6.45) is 0.928. The lowest BCUT2D eigenvalue weighted by atomic mass is 9.98. The zero-order chi connectivity index (χ0) is 14.7. The minimum atomic E-state index is -0.393. The number of carbonyl (C=O) groups is 1. The Labute approximate surface area is 133 Å². The molecule has 0 saturated heterocycles. The number of hydrogen-bond donors (Lipinski definition) is 1. The van der Waals surface area contributed by atoms with Crippen LogP contribution in [0.5, 0.6) is 0 Å². The normalized spacial score (nSPS) is 17.3. The van der Waals surface area contributed by atoms with E-state index in [0.29, 0.717) is 6.54 Å². The van der Waals surface area contributed by atoms with Crippen molar-refractivity contribution in [2.24, 2.45) is 11.7 Å². The van der Waals surface area contributed by atoms with Gasteiger partial charge in [-0.1, -0.05) is 38.5 Å². The molecule has 0 radical (unpaired) electrons. The molecular formula is C16H26ClN3O. The van der Waals surface area contributed by atoms with Crippen LogP contribution in [0.2, 0.25) is 0 Å². The molecule has 2 rings (SSSR count). The third kappa shape index (κ3) is 3.89. The van der Waals surface area contributed by atoms with Gasteiger partial charge in [-0.15, -0.1) is 12.4 Å². The van der Waals surface area contributed by atoms with Crippen LogP contribution in [0.25, 0.3) is 0 Å². The van der Waals surface area contributed by atoms with Crippen LogP contribution in [0, 0.1) is 5.92 Å². The Bertz CT molecular complexity index is 480. The van der Waals surface area contributed by atoms with Crippen molar-refractivity contribution < 1.29 is 4.79 Å². The summed E-state index contributed by atoms with van der Waals surface area (Å²) in [5.74, 6) is 0.295. The molecule has 1 amide bonds. The molecule has 1 aliphatic rings. The third-order valence-corrected chi connectivity index (χ3v) is 4.32. The lowest BCUT2D eigenvalue weighted by Gasteiger charge is -2.27. The number of hydrogen-bond acceptors (Lipinski definition) is 3. The fraction of sp³-hybridized carbons (Fsp3) is 0.562. The molecule has 21 heavy (non-hydrogen) atoms. The van der Waals surface area contributed by atoms with E-state index in [1.807, 2.05) is 24.0 Å². The van der Waals surface area contributed by atoms with Crippen molar-refractivity contribution in [1.82, 2.24) is 4.90 Å². The summed E-state index contributed by atoms with van der Waals surface area (Å²) in [6.45, 7) is 6.34. The maximum atomic E-state index is 12.6. The lowest BCUT2D eigenvalue weighted by molar-refractivity contribution is -0.134. The summed E-state index contributed by atoms with van der Waals surface area (Å²) in [4.78, 5) is 16.7. The highest BCUT2D eigenvalue weighted by Crippen LogP contribution is 2.24. The molecule has 0 bridgehead atoms. The van der Waals surface area contributed by atoms with Gasteiger partial charge in [0.2, 0.25) is 5.91 Å². The molecule has 2 N–H and O–H groups in total. The second-order valence-electron chi connectivity index (χ2n) is 5.72. The Morgan fingerprint density at radius 1 is 1.33 bits per heavy atom. The van der Waals surface area contributed by atoms with Crippen molar-refractivity contribution in [1.29, 1.82) is 0 Å². The van der Waals surface area contributed by atoms with E-state index in [-0.39, 0.29) is 24.2 Å². The lowest BCUT2D eigenvalue weighted by Crippen LogP contribution is -2.47. The topological polar surface area (TPSA) is 49.6 Å². The van der Waals surface area contributed by atoms with E-state index < -0.39 is 6.04 Å². The van der Waals surface area contributed by atoms with Gasteiger partial charge in [-0.3, -0.25) is 4.79 Å². The van der Waals surface area contributed by atoms with Crippen molar-refractivity contribution in [3.8, 4) is 0 Å². The zero-order valence-electron chi connectivity index (χ0n) is 13.1. The number of carbonyl (C=O) groups excluding carboxylic acids is 1. The summed E-state index contributed by atoms with van der Waals surface area (Å²) in [7, 11) is 2.07. The number of para-hydroxylation sites is 1. The van der Waals surface area contributed by atoms with Crippen molar-refractivity contribution in [3.05, 3.63) is 29.8 Å². The smallest absolute Gasteiger partial charge is 0.240 e. The van der Waals surface area contributed by atoms with Crippen molar-refractivity contribution in [2.45, 2.75) is 32.9 Å². The molecule has 1 aromatic carbocycles. The minimum Gasteiger partial charge on any atom is -0.373 e. The van der Waals surface area contributed by atoms with Gasteiger partial charge in [0.05, 0.1) is 6.04 Å². The quantitative estimate of drug-likeness (QED) is 0.931. The second kappa shape index (κ2) is 7.66. The van der Waals surface area contributed by atoms with Gasteiger partial charge in [0.25, 0.3) is 0 Å². The Morgan fingerprint density at radius 3 is 2.67 bits per heavy atom. The van der Waals surface area contributed by atoms with Gasteiger partial charge < -0.3 is 15.5 Å². The summed E-state index contributed by atoms with van der Waals surface area (Å²) in [5.41, 5.74) is 8.50. The summed E-state index contributed by atoms with van der Waals surface area (Å²) in [5, 5.41) is 0. The van der Waals surface area contributed by atoms with Crippen molar-refractivity contribution in [2.75, 3.05) is 25.0 Å². The molecule has 0 aliphatic carbocycles. The molecule has 1 aliphatic heterocycles. The number of amides is 1. The van der Waals surface area contributed by atoms with Crippen LogP contribution >= 0.6 is 12.4 Å². The van der Waals surface area contributed by atoms with E-state index in [1.54, 1.807) is 0 Å². The predicted molar refractivity (Wildman–Crippen MR) is 89.8 cm³/mol. The third-order valence-electron chi connectivity index (χ3n) is 4.32. The minimum absolute atomic E-state index is 0. The average molecular weight is 312 g/mol. The first-order chi connectivity index (χ1) is 9.54. The summed E-state index contributed by atoms with van der Waals surface area (Å²) in [6, 6.07) is 7.87. The number of likely N-dealkylation sites (N-methyl/N-ethyl adjacent to an activating group) is 1. The van der Waals surface area contributed by atoms with Crippen molar-refractivity contribution in [3.63, 3.8) is 0 Å². The maximum Gasteiger partial charge on any atom is 0.240 e. The van der Waals surface area contributed by atoms with Gasteiger partial charge in [-0.2, -0.15) is 0 Å². The molecular weight excluding hydrogens is 286 g/mol. The number of rotatable bonds is 3. The Hall–Kier alpha value is -1.26.